The first kappa shape index (κ1) is 13.9. The van der Waals surface area contributed by atoms with Crippen LogP contribution in [-0.4, -0.2) is 10.9 Å². The summed E-state index contributed by atoms with van der Waals surface area (Å²) in [5, 5.41) is 2.73. The highest BCUT2D eigenvalue weighted by molar-refractivity contribution is 5.93. The van der Waals surface area contributed by atoms with E-state index in [1.807, 2.05) is 25.1 Å². The molecule has 20 heavy (non-hydrogen) atoms. The quantitative estimate of drug-likeness (QED) is 0.739. The lowest BCUT2D eigenvalue weighted by Gasteiger charge is -2.09. The standard InChI is InChI=1S/C15H17N3O2/c1-9-6-14(19)12(8-17-9)15(20)18-7-11-4-3-5-13(16)10(11)2/h3-6,8H,7,16H2,1-2H3,(H,17,19)(H,18,20). The number of anilines is 1. The number of carbonyl (C=O) groups excluding carboxylic acids is 1. The number of aromatic amines is 1. The minimum absolute atomic E-state index is 0.108. The molecule has 1 aromatic heterocycles. The van der Waals surface area contributed by atoms with E-state index in [9.17, 15) is 9.59 Å². The molecule has 0 aliphatic rings. The summed E-state index contributed by atoms with van der Waals surface area (Å²) < 4.78 is 0. The van der Waals surface area contributed by atoms with E-state index >= 15 is 0 Å². The van der Waals surface area contributed by atoms with Crippen LogP contribution in [0.25, 0.3) is 0 Å². The van der Waals surface area contributed by atoms with E-state index < -0.39 is 5.91 Å². The first-order valence-corrected chi connectivity index (χ1v) is 6.30. The van der Waals surface area contributed by atoms with Crippen molar-refractivity contribution in [3.8, 4) is 0 Å². The van der Waals surface area contributed by atoms with Crippen molar-refractivity contribution >= 4 is 11.6 Å². The van der Waals surface area contributed by atoms with Crippen LogP contribution in [0.4, 0.5) is 5.69 Å². The maximum absolute atomic E-state index is 12.0. The molecule has 4 N–H and O–H groups in total. The SMILES string of the molecule is Cc1cc(=O)c(C(=O)NCc2cccc(N)c2C)c[nH]1. The Morgan fingerprint density at radius 3 is 2.80 bits per heavy atom. The number of rotatable bonds is 3. The van der Waals surface area contributed by atoms with Crippen molar-refractivity contribution in [2.45, 2.75) is 20.4 Å². The predicted octanol–water partition coefficient (Wildman–Crippen LogP) is 1.50. The molecule has 0 fully saturated rings. The third-order valence-corrected chi connectivity index (χ3v) is 3.23. The molecule has 2 rings (SSSR count). The van der Waals surface area contributed by atoms with Crippen molar-refractivity contribution in [3.63, 3.8) is 0 Å². The van der Waals surface area contributed by atoms with Crippen molar-refractivity contribution in [1.29, 1.82) is 0 Å². The van der Waals surface area contributed by atoms with Gasteiger partial charge in [0, 0.05) is 30.2 Å². The molecule has 1 amide bonds. The largest absolute Gasteiger partial charge is 0.399 e. The predicted molar refractivity (Wildman–Crippen MR) is 78.6 cm³/mol. The molecule has 0 atom stereocenters. The number of hydrogen-bond donors (Lipinski definition) is 3. The Morgan fingerprint density at radius 2 is 2.10 bits per heavy atom. The average Bonchev–Trinajstić information content (AvgIpc) is 2.40. The molecular formula is C15H17N3O2. The third kappa shape index (κ3) is 2.88. The molecule has 0 aliphatic heterocycles. The van der Waals surface area contributed by atoms with Crippen molar-refractivity contribution in [2.75, 3.05) is 5.73 Å². The molecule has 1 heterocycles. The lowest BCUT2D eigenvalue weighted by molar-refractivity contribution is 0.0949. The van der Waals surface area contributed by atoms with Gasteiger partial charge in [-0.2, -0.15) is 0 Å². The zero-order valence-corrected chi connectivity index (χ0v) is 11.5. The van der Waals surface area contributed by atoms with Gasteiger partial charge in [0.25, 0.3) is 5.91 Å². The topological polar surface area (TPSA) is 88.0 Å². The van der Waals surface area contributed by atoms with Gasteiger partial charge in [-0.25, -0.2) is 0 Å². The molecule has 0 aliphatic carbocycles. The monoisotopic (exact) mass is 271 g/mol. The van der Waals surface area contributed by atoms with E-state index in [-0.39, 0.29) is 11.0 Å². The Morgan fingerprint density at radius 1 is 1.35 bits per heavy atom. The lowest BCUT2D eigenvalue weighted by atomic mass is 10.1. The molecule has 0 saturated heterocycles. The zero-order valence-electron chi connectivity index (χ0n) is 11.5. The number of aryl methyl sites for hydroxylation is 1. The smallest absolute Gasteiger partial charge is 0.257 e. The van der Waals surface area contributed by atoms with E-state index in [0.29, 0.717) is 12.2 Å². The molecule has 0 spiro atoms. The summed E-state index contributed by atoms with van der Waals surface area (Å²) in [6.07, 6.45) is 1.43. The van der Waals surface area contributed by atoms with Gasteiger partial charge >= 0.3 is 0 Å². The molecule has 0 radical (unpaired) electrons. The maximum atomic E-state index is 12.0. The second-order valence-electron chi connectivity index (χ2n) is 4.71. The van der Waals surface area contributed by atoms with Gasteiger partial charge in [-0.3, -0.25) is 9.59 Å². The molecular weight excluding hydrogens is 254 g/mol. The van der Waals surface area contributed by atoms with Crippen molar-refractivity contribution in [1.82, 2.24) is 10.3 Å². The first-order valence-electron chi connectivity index (χ1n) is 6.30. The summed E-state index contributed by atoms with van der Waals surface area (Å²) in [5.74, 6) is -0.395. The summed E-state index contributed by atoms with van der Waals surface area (Å²) in [5.41, 5.74) is 8.90. The van der Waals surface area contributed by atoms with Crippen LogP contribution in [-0.2, 0) is 6.54 Å². The molecule has 104 valence electrons. The normalized spacial score (nSPS) is 10.3. The van der Waals surface area contributed by atoms with Gasteiger partial charge in [-0.1, -0.05) is 12.1 Å². The molecule has 2 aromatic rings. The van der Waals surface area contributed by atoms with Crippen LogP contribution in [0.2, 0.25) is 0 Å². The van der Waals surface area contributed by atoms with E-state index in [1.54, 1.807) is 6.92 Å². The van der Waals surface area contributed by atoms with Crippen molar-refractivity contribution in [3.05, 3.63) is 63.1 Å². The summed E-state index contributed by atoms with van der Waals surface area (Å²) in [6.45, 7) is 4.00. The lowest BCUT2D eigenvalue weighted by Crippen LogP contribution is -2.28. The van der Waals surface area contributed by atoms with Crippen LogP contribution >= 0.6 is 0 Å². The number of aromatic nitrogens is 1. The highest BCUT2D eigenvalue weighted by Gasteiger charge is 2.10. The molecule has 0 unspecified atom stereocenters. The number of benzene rings is 1. The van der Waals surface area contributed by atoms with Gasteiger partial charge < -0.3 is 16.0 Å². The Kier molecular flexibility index (Phi) is 3.89. The molecule has 0 saturated carbocycles. The number of nitrogen functional groups attached to an aromatic ring is 1. The number of nitrogens with one attached hydrogen (secondary N) is 2. The molecule has 0 bridgehead atoms. The van der Waals surface area contributed by atoms with E-state index in [0.717, 1.165) is 16.8 Å². The first-order chi connectivity index (χ1) is 9.49. The van der Waals surface area contributed by atoms with Crippen LogP contribution in [0.15, 0.2) is 35.3 Å². The Bertz CT molecular complexity index is 705. The van der Waals surface area contributed by atoms with Gasteiger partial charge in [-0.15, -0.1) is 0 Å². The van der Waals surface area contributed by atoms with Crippen LogP contribution in [0.5, 0.6) is 0 Å². The maximum Gasteiger partial charge on any atom is 0.257 e. The molecule has 1 aromatic carbocycles. The minimum atomic E-state index is -0.395. The Labute approximate surface area is 116 Å². The summed E-state index contributed by atoms with van der Waals surface area (Å²) in [4.78, 5) is 26.6. The Hall–Kier alpha value is -2.56. The van der Waals surface area contributed by atoms with Crippen LogP contribution in [0.3, 0.4) is 0 Å². The fourth-order valence-electron chi connectivity index (χ4n) is 1.92. The molecule has 5 nitrogen and oxygen atoms in total. The van der Waals surface area contributed by atoms with Crippen LogP contribution in [0.1, 0.15) is 27.2 Å². The van der Waals surface area contributed by atoms with Gasteiger partial charge in [0.15, 0.2) is 5.43 Å². The van der Waals surface area contributed by atoms with Gasteiger partial charge in [0.1, 0.15) is 5.56 Å². The number of pyridine rings is 1. The summed E-state index contributed by atoms with van der Waals surface area (Å²) in [6, 6.07) is 6.94. The fourth-order valence-corrected chi connectivity index (χ4v) is 1.92. The van der Waals surface area contributed by atoms with E-state index in [1.165, 1.54) is 12.3 Å². The van der Waals surface area contributed by atoms with Gasteiger partial charge in [-0.05, 0) is 31.0 Å². The van der Waals surface area contributed by atoms with E-state index in [2.05, 4.69) is 10.3 Å². The second-order valence-corrected chi connectivity index (χ2v) is 4.71. The van der Waals surface area contributed by atoms with Gasteiger partial charge in [0.2, 0.25) is 0 Å². The van der Waals surface area contributed by atoms with Crippen LogP contribution < -0.4 is 16.5 Å². The highest BCUT2D eigenvalue weighted by atomic mass is 16.2. The number of H-pyrrole nitrogens is 1. The molecule has 5 heteroatoms. The number of hydrogen-bond acceptors (Lipinski definition) is 3. The summed E-state index contributed by atoms with van der Waals surface area (Å²) in [7, 11) is 0. The third-order valence-electron chi connectivity index (χ3n) is 3.23. The van der Waals surface area contributed by atoms with Crippen molar-refractivity contribution in [2.24, 2.45) is 0 Å². The Balaban J connectivity index is 2.13. The fraction of sp³-hybridized carbons (Fsp3) is 0.200. The minimum Gasteiger partial charge on any atom is -0.399 e. The zero-order chi connectivity index (χ0) is 14.7. The van der Waals surface area contributed by atoms with Crippen LogP contribution in [0, 0.1) is 13.8 Å². The van der Waals surface area contributed by atoms with Gasteiger partial charge in [0.05, 0.1) is 0 Å². The number of nitrogens with two attached hydrogens (primary N) is 1. The highest BCUT2D eigenvalue weighted by Crippen LogP contribution is 2.15. The number of carbonyl (C=O) groups is 1. The van der Waals surface area contributed by atoms with E-state index in [4.69, 9.17) is 5.73 Å². The summed E-state index contributed by atoms with van der Waals surface area (Å²) >= 11 is 0. The number of amides is 1. The second kappa shape index (κ2) is 5.61. The average molecular weight is 271 g/mol. The van der Waals surface area contributed by atoms with Crippen molar-refractivity contribution < 1.29 is 4.79 Å².